The summed E-state index contributed by atoms with van der Waals surface area (Å²) >= 11 is 3.53. The van der Waals surface area contributed by atoms with Gasteiger partial charge in [-0.15, -0.1) is 0 Å². The van der Waals surface area contributed by atoms with E-state index in [1.54, 1.807) is 0 Å². The van der Waals surface area contributed by atoms with Crippen LogP contribution in [-0.2, 0) is 6.54 Å². The lowest BCUT2D eigenvalue weighted by molar-refractivity contribution is 0.190. The fourth-order valence-electron chi connectivity index (χ4n) is 1.93. The Labute approximate surface area is 126 Å². The average molecular weight is 328 g/mol. The zero-order valence-electron chi connectivity index (χ0n) is 12.5. The quantitative estimate of drug-likeness (QED) is 0.743. The summed E-state index contributed by atoms with van der Waals surface area (Å²) in [6.45, 7) is 10.7. The molecule has 0 saturated heterocycles. The molecule has 19 heavy (non-hydrogen) atoms. The second-order valence-corrected chi connectivity index (χ2v) is 6.25. The van der Waals surface area contributed by atoms with Crippen molar-refractivity contribution in [2.24, 2.45) is 5.92 Å². The van der Waals surface area contributed by atoms with E-state index in [1.807, 2.05) is 6.07 Å². The van der Waals surface area contributed by atoms with Crippen LogP contribution in [0.1, 0.15) is 46.1 Å². The molecule has 0 aliphatic heterocycles. The van der Waals surface area contributed by atoms with Crippen LogP contribution in [0.5, 0.6) is 5.75 Å². The van der Waals surface area contributed by atoms with E-state index in [-0.39, 0.29) is 0 Å². The molecule has 1 rings (SSSR count). The molecule has 0 radical (unpaired) electrons. The smallest absolute Gasteiger partial charge is 0.124 e. The largest absolute Gasteiger partial charge is 0.490 e. The molecule has 0 aliphatic carbocycles. The van der Waals surface area contributed by atoms with Gasteiger partial charge in [0, 0.05) is 16.6 Å². The highest BCUT2D eigenvalue weighted by Gasteiger charge is 2.10. The predicted molar refractivity (Wildman–Crippen MR) is 85.7 cm³/mol. The number of benzene rings is 1. The number of nitrogens with one attached hydrogen (secondary N) is 1. The zero-order valence-corrected chi connectivity index (χ0v) is 14.1. The van der Waals surface area contributed by atoms with Crippen LogP contribution >= 0.6 is 15.9 Å². The minimum absolute atomic E-state index is 0.310. The van der Waals surface area contributed by atoms with Crippen LogP contribution in [0.25, 0.3) is 0 Å². The lowest BCUT2D eigenvalue weighted by Crippen LogP contribution is -2.20. The van der Waals surface area contributed by atoms with E-state index in [9.17, 15) is 0 Å². The highest BCUT2D eigenvalue weighted by molar-refractivity contribution is 9.10. The molecule has 0 amide bonds. The molecule has 1 aromatic carbocycles. The van der Waals surface area contributed by atoms with Crippen molar-refractivity contribution >= 4 is 15.9 Å². The van der Waals surface area contributed by atoms with Gasteiger partial charge in [-0.05, 0) is 43.5 Å². The summed E-state index contributed by atoms with van der Waals surface area (Å²) in [5, 5.41) is 3.48. The Morgan fingerprint density at radius 1 is 1.21 bits per heavy atom. The van der Waals surface area contributed by atoms with Crippen LogP contribution < -0.4 is 10.1 Å². The van der Waals surface area contributed by atoms with Gasteiger partial charge in [0.2, 0.25) is 0 Å². The standard InChI is InChI=1S/C16H26BrNO/c1-5-15(6-2)19-16-8-7-14(17)9-13(16)11-18-10-12(3)4/h7-9,12,15,18H,5-6,10-11H2,1-4H3. The first kappa shape index (κ1) is 16.5. The fraction of sp³-hybridized carbons (Fsp3) is 0.625. The van der Waals surface area contributed by atoms with E-state index >= 15 is 0 Å². The molecule has 0 aliphatic rings. The maximum Gasteiger partial charge on any atom is 0.124 e. The topological polar surface area (TPSA) is 21.3 Å². The predicted octanol–water partition coefficient (Wildman–Crippen LogP) is 4.76. The van der Waals surface area contributed by atoms with Gasteiger partial charge in [-0.3, -0.25) is 0 Å². The van der Waals surface area contributed by atoms with Crippen molar-refractivity contribution in [2.75, 3.05) is 6.54 Å². The lowest BCUT2D eigenvalue weighted by atomic mass is 10.1. The molecule has 0 fully saturated rings. The van der Waals surface area contributed by atoms with Gasteiger partial charge >= 0.3 is 0 Å². The Hall–Kier alpha value is -0.540. The first-order valence-corrected chi connectivity index (χ1v) is 8.01. The minimum atomic E-state index is 0.310. The van der Waals surface area contributed by atoms with Crippen LogP contribution in [0.2, 0.25) is 0 Å². The molecular formula is C16H26BrNO. The summed E-state index contributed by atoms with van der Waals surface area (Å²) in [4.78, 5) is 0. The maximum absolute atomic E-state index is 6.10. The molecule has 108 valence electrons. The number of ether oxygens (including phenoxy) is 1. The van der Waals surface area contributed by atoms with Crippen LogP contribution in [0.3, 0.4) is 0 Å². The molecule has 0 bridgehead atoms. The molecular weight excluding hydrogens is 302 g/mol. The fourth-order valence-corrected chi connectivity index (χ4v) is 2.34. The molecule has 0 heterocycles. The van der Waals surface area contributed by atoms with Gasteiger partial charge in [0.05, 0.1) is 6.10 Å². The van der Waals surface area contributed by atoms with Crippen molar-refractivity contribution in [3.05, 3.63) is 28.2 Å². The van der Waals surface area contributed by atoms with Crippen molar-refractivity contribution in [1.29, 1.82) is 0 Å². The second kappa shape index (κ2) is 8.60. The third-order valence-electron chi connectivity index (χ3n) is 3.09. The van der Waals surface area contributed by atoms with E-state index in [0.717, 1.165) is 36.2 Å². The van der Waals surface area contributed by atoms with Gasteiger partial charge in [-0.25, -0.2) is 0 Å². The molecule has 0 atom stereocenters. The van der Waals surface area contributed by atoms with Gasteiger partial charge in [0.1, 0.15) is 5.75 Å². The number of hydrogen-bond acceptors (Lipinski definition) is 2. The van der Waals surface area contributed by atoms with E-state index in [2.05, 4.69) is 61.1 Å². The summed E-state index contributed by atoms with van der Waals surface area (Å²) in [5.74, 6) is 1.67. The first-order valence-electron chi connectivity index (χ1n) is 7.22. The van der Waals surface area contributed by atoms with E-state index in [1.165, 1.54) is 5.56 Å². The van der Waals surface area contributed by atoms with Crippen LogP contribution in [-0.4, -0.2) is 12.6 Å². The number of rotatable bonds is 8. The molecule has 3 heteroatoms. The molecule has 1 aromatic rings. The highest BCUT2D eigenvalue weighted by Crippen LogP contribution is 2.25. The van der Waals surface area contributed by atoms with Crippen molar-refractivity contribution in [3.8, 4) is 5.75 Å². The van der Waals surface area contributed by atoms with Crippen molar-refractivity contribution in [3.63, 3.8) is 0 Å². The third kappa shape index (κ3) is 5.96. The summed E-state index contributed by atoms with van der Waals surface area (Å²) in [5.41, 5.74) is 1.22. The second-order valence-electron chi connectivity index (χ2n) is 5.33. The lowest BCUT2D eigenvalue weighted by Gasteiger charge is -2.19. The highest BCUT2D eigenvalue weighted by atomic mass is 79.9. The first-order chi connectivity index (χ1) is 9.06. The Bertz CT molecular complexity index is 375. The minimum Gasteiger partial charge on any atom is -0.490 e. The van der Waals surface area contributed by atoms with Crippen LogP contribution in [0.4, 0.5) is 0 Å². The Balaban J connectivity index is 2.73. The Morgan fingerprint density at radius 3 is 2.47 bits per heavy atom. The molecule has 0 spiro atoms. The molecule has 2 nitrogen and oxygen atoms in total. The van der Waals surface area contributed by atoms with Crippen molar-refractivity contribution in [1.82, 2.24) is 5.32 Å². The number of hydrogen-bond donors (Lipinski definition) is 1. The summed E-state index contributed by atoms with van der Waals surface area (Å²) in [7, 11) is 0. The van der Waals surface area contributed by atoms with E-state index in [4.69, 9.17) is 4.74 Å². The monoisotopic (exact) mass is 327 g/mol. The maximum atomic E-state index is 6.10. The Morgan fingerprint density at radius 2 is 1.89 bits per heavy atom. The van der Waals surface area contributed by atoms with Gasteiger partial charge < -0.3 is 10.1 Å². The van der Waals surface area contributed by atoms with E-state index in [0.29, 0.717) is 12.0 Å². The van der Waals surface area contributed by atoms with E-state index < -0.39 is 0 Å². The molecule has 0 saturated carbocycles. The van der Waals surface area contributed by atoms with Crippen molar-refractivity contribution < 1.29 is 4.74 Å². The van der Waals surface area contributed by atoms with Gasteiger partial charge in [0.25, 0.3) is 0 Å². The molecule has 0 aromatic heterocycles. The molecule has 1 N–H and O–H groups in total. The third-order valence-corrected chi connectivity index (χ3v) is 3.59. The summed E-state index contributed by atoms with van der Waals surface area (Å²) in [6, 6.07) is 6.25. The van der Waals surface area contributed by atoms with Crippen LogP contribution in [0.15, 0.2) is 22.7 Å². The van der Waals surface area contributed by atoms with Gasteiger partial charge in [-0.2, -0.15) is 0 Å². The number of halogens is 1. The average Bonchev–Trinajstić information content (AvgIpc) is 2.37. The Kier molecular flexibility index (Phi) is 7.47. The van der Waals surface area contributed by atoms with Crippen molar-refractivity contribution in [2.45, 2.75) is 53.2 Å². The normalized spacial score (nSPS) is 11.3. The SMILES string of the molecule is CCC(CC)Oc1ccc(Br)cc1CNCC(C)C. The van der Waals surface area contributed by atoms with Gasteiger partial charge in [-0.1, -0.05) is 43.6 Å². The zero-order chi connectivity index (χ0) is 14.3. The molecule has 0 unspecified atom stereocenters. The van der Waals surface area contributed by atoms with Crippen LogP contribution in [0, 0.1) is 5.92 Å². The van der Waals surface area contributed by atoms with Gasteiger partial charge in [0.15, 0.2) is 0 Å². The summed E-state index contributed by atoms with van der Waals surface area (Å²) in [6.07, 6.45) is 2.40. The summed E-state index contributed by atoms with van der Waals surface area (Å²) < 4.78 is 7.20.